The Morgan fingerprint density at radius 1 is 1.62 bits per heavy atom. The van der Waals surface area contributed by atoms with Gasteiger partial charge in [-0.2, -0.15) is 5.26 Å². The molecule has 0 spiro atoms. The minimum atomic E-state index is -0.255. The normalized spacial score (nSPS) is 11.2. The van der Waals surface area contributed by atoms with Gasteiger partial charge in [0.1, 0.15) is 0 Å². The number of hydrogen-bond donors (Lipinski definition) is 1. The lowest BCUT2D eigenvalue weighted by atomic mass is 10.1. The van der Waals surface area contributed by atoms with Gasteiger partial charge in [0.2, 0.25) is 0 Å². The standard InChI is InChI=1S/C9H11N3.ClH/c1-7-3-2-4-9(12-7)8(11)5-6-10;/h2-4,8H,5,11H2,1H3;1H/t8-;/m0./s1. The van der Waals surface area contributed by atoms with Crippen molar-refractivity contribution in [1.29, 1.82) is 5.26 Å². The Hall–Kier alpha value is -1.11. The molecule has 0 fully saturated rings. The molecule has 0 unspecified atom stereocenters. The largest absolute Gasteiger partial charge is 0.322 e. The van der Waals surface area contributed by atoms with Gasteiger partial charge in [-0.15, -0.1) is 12.4 Å². The number of nitrogens with two attached hydrogens (primary N) is 1. The molecule has 0 aromatic carbocycles. The van der Waals surface area contributed by atoms with Crippen molar-refractivity contribution in [3.63, 3.8) is 0 Å². The van der Waals surface area contributed by atoms with Gasteiger partial charge >= 0.3 is 0 Å². The summed E-state index contributed by atoms with van der Waals surface area (Å²) < 4.78 is 0. The Kier molecular flexibility index (Phi) is 5.05. The molecule has 0 amide bonds. The molecule has 1 aromatic heterocycles. The summed E-state index contributed by atoms with van der Waals surface area (Å²) in [6.07, 6.45) is 0.316. The Morgan fingerprint density at radius 2 is 2.31 bits per heavy atom. The molecule has 4 heteroatoms. The lowest BCUT2D eigenvalue weighted by Crippen LogP contribution is -2.11. The average Bonchev–Trinajstić information content (AvgIpc) is 2.05. The van der Waals surface area contributed by atoms with E-state index in [1.807, 2.05) is 31.2 Å². The zero-order valence-electron chi connectivity index (χ0n) is 7.40. The molecule has 0 saturated heterocycles. The van der Waals surface area contributed by atoms with Crippen molar-refractivity contribution in [2.45, 2.75) is 19.4 Å². The Bertz CT molecular complexity index is 306. The van der Waals surface area contributed by atoms with Crippen LogP contribution < -0.4 is 5.73 Å². The van der Waals surface area contributed by atoms with Crippen LogP contribution in [-0.2, 0) is 0 Å². The van der Waals surface area contributed by atoms with Gasteiger partial charge < -0.3 is 5.73 Å². The van der Waals surface area contributed by atoms with E-state index < -0.39 is 0 Å². The van der Waals surface area contributed by atoms with Crippen LogP contribution in [0.2, 0.25) is 0 Å². The number of hydrogen-bond acceptors (Lipinski definition) is 3. The van der Waals surface area contributed by atoms with Crippen molar-refractivity contribution in [2.75, 3.05) is 0 Å². The first-order chi connectivity index (χ1) is 5.74. The third-order valence-corrected chi connectivity index (χ3v) is 1.60. The number of aromatic nitrogens is 1. The molecule has 1 heterocycles. The van der Waals surface area contributed by atoms with Gasteiger partial charge in [-0.25, -0.2) is 0 Å². The molecule has 2 N–H and O–H groups in total. The van der Waals surface area contributed by atoms with Crippen molar-refractivity contribution in [1.82, 2.24) is 4.98 Å². The third-order valence-electron chi connectivity index (χ3n) is 1.60. The van der Waals surface area contributed by atoms with E-state index in [-0.39, 0.29) is 18.4 Å². The van der Waals surface area contributed by atoms with Crippen LogP contribution in [0.15, 0.2) is 18.2 Å². The minimum absolute atomic E-state index is 0. The quantitative estimate of drug-likeness (QED) is 0.786. The summed E-state index contributed by atoms with van der Waals surface area (Å²) in [4.78, 5) is 4.22. The highest BCUT2D eigenvalue weighted by atomic mass is 35.5. The second kappa shape index (κ2) is 5.52. The van der Waals surface area contributed by atoms with Crippen molar-refractivity contribution in [3.05, 3.63) is 29.6 Å². The van der Waals surface area contributed by atoms with Crippen LogP contribution in [0.4, 0.5) is 0 Å². The van der Waals surface area contributed by atoms with Crippen molar-refractivity contribution >= 4 is 12.4 Å². The van der Waals surface area contributed by atoms with Gasteiger partial charge in [0, 0.05) is 5.69 Å². The maximum Gasteiger partial charge on any atom is 0.0642 e. The summed E-state index contributed by atoms with van der Waals surface area (Å²) in [5, 5.41) is 8.41. The van der Waals surface area contributed by atoms with E-state index in [9.17, 15) is 0 Å². The van der Waals surface area contributed by atoms with Crippen LogP contribution in [0.1, 0.15) is 23.9 Å². The fraction of sp³-hybridized carbons (Fsp3) is 0.333. The predicted octanol–water partition coefficient (Wildman–Crippen LogP) is 1.73. The number of nitriles is 1. The molecular weight excluding hydrogens is 186 g/mol. The smallest absolute Gasteiger partial charge is 0.0642 e. The first kappa shape index (κ1) is 11.9. The fourth-order valence-corrected chi connectivity index (χ4v) is 0.974. The SMILES string of the molecule is Cc1cccc([C@@H](N)CC#N)n1.Cl. The highest BCUT2D eigenvalue weighted by molar-refractivity contribution is 5.85. The van der Waals surface area contributed by atoms with E-state index in [1.54, 1.807) is 0 Å². The minimum Gasteiger partial charge on any atom is -0.322 e. The number of pyridine rings is 1. The number of rotatable bonds is 2. The lowest BCUT2D eigenvalue weighted by molar-refractivity contribution is 0.716. The van der Waals surface area contributed by atoms with E-state index in [2.05, 4.69) is 4.98 Å². The summed E-state index contributed by atoms with van der Waals surface area (Å²) in [7, 11) is 0. The summed E-state index contributed by atoms with van der Waals surface area (Å²) in [5.74, 6) is 0. The number of aryl methyl sites for hydroxylation is 1. The molecule has 1 atom stereocenters. The highest BCUT2D eigenvalue weighted by Crippen LogP contribution is 2.10. The molecule has 0 radical (unpaired) electrons. The van der Waals surface area contributed by atoms with Crippen LogP contribution in [0.5, 0.6) is 0 Å². The second-order valence-corrected chi connectivity index (χ2v) is 2.67. The number of halogens is 1. The van der Waals surface area contributed by atoms with Gasteiger partial charge in [0.05, 0.1) is 24.2 Å². The number of nitrogens with zero attached hydrogens (tertiary/aromatic N) is 2. The molecule has 13 heavy (non-hydrogen) atoms. The zero-order valence-corrected chi connectivity index (χ0v) is 8.21. The topological polar surface area (TPSA) is 62.7 Å². The van der Waals surface area contributed by atoms with Crippen LogP contribution in [0, 0.1) is 18.3 Å². The molecule has 1 rings (SSSR count). The first-order valence-corrected chi connectivity index (χ1v) is 3.80. The van der Waals surface area contributed by atoms with Gasteiger partial charge in [-0.3, -0.25) is 4.98 Å². The van der Waals surface area contributed by atoms with E-state index in [0.717, 1.165) is 11.4 Å². The van der Waals surface area contributed by atoms with Crippen LogP contribution in [0.25, 0.3) is 0 Å². The maximum absolute atomic E-state index is 8.41. The summed E-state index contributed by atoms with van der Waals surface area (Å²) in [6, 6.07) is 7.41. The molecule has 0 aliphatic carbocycles. The summed E-state index contributed by atoms with van der Waals surface area (Å²) in [5.41, 5.74) is 7.41. The Labute approximate surface area is 84.0 Å². The molecule has 0 aliphatic heterocycles. The van der Waals surface area contributed by atoms with Crippen molar-refractivity contribution in [3.8, 4) is 6.07 Å². The Morgan fingerprint density at radius 3 is 2.85 bits per heavy atom. The lowest BCUT2D eigenvalue weighted by Gasteiger charge is -2.06. The van der Waals surface area contributed by atoms with Gasteiger partial charge in [0.25, 0.3) is 0 Å². The van der Waals surface area contributed by atoms with Crippen LogP contribution in [0.3, 0.4) is 0 Å². The van der Waals surface area contributed by atoms with Gasteiger partial charge in [-0.05, 0) is 19.1 Å². The van der Waals surface area contributed by atoms with E-state index in [1.165, 1.54) is 0 Å². The van der Waals surface area contributed by atoms with Gasteiger partial charge in [0.15, 0.2) is 0 Å². The fourth-order valence-electron chi connectivity index (χ4n) is 0.974. The van der Waals surface area contributed by atoms with E-state index in [4.69, 9.17) is 11.0 Å². The molecule has 0 saturated carbocycles. The molecule has 70 valence electrons. The van der Waals surface area contributed by atoms with Crippen molar-refractivity contribution in [2.24, 2.45) is 5.73 Å². The molecule has 0 aliphatic rings. The monoisotopic (exact) mass is 197 g/mol. The summed E-state index contributed by atoms with van der Waals surface area (Å²) >= 11 is 0. The molecule has 1 aromatic rings. The van der Waals surface area contributed by atoms with Crippen LogP contribution >= 0.6 is 12.4 Å². The average molecular weight is 198 g/mol. The maximum atomic E-state index is 8.41. The third kappa shape index (κ3) is 3.41. The highest BCUT2D eigenvalue weighted by Gasteiger charge is 2.05. The van der Waals surface area contributed by atoms with Crippen LogP contribution in [-0.4, -0.2) is 4.98 Å². The predicted molar refractivity (Wildman–Crippen MR) is 53.4 cm³/mol. The summed E-state index contributed by atoms with van der Waals surface area (Å²) in [6.45, 7) is 1.91. The molecule has 0 bridgehead atoms. The first-order valence-electron chi connectivity index (χ1n) is 3.80. The Balaban J connectivity index is 0.00000144. The van der Waals surface area contributed by atoms with E-state index in [0.29, 0.717) is 6.42 Å². The zero-order chi connectivity index (χ0) is 8.97. The van der Waals surface area contributed by atoms with Gasteiger partial charge in [-0.1, -0.05) is 6.07 Å². The molecule has 3 nitrogen and oxygen atoms in total. The van der Waals surface area contributed by atoms with Crippen molar-refractivity contribution < 1.29 is 0 Å². The molecular formula is C9H12ClN3. The second-order valence-electron chi connectivity index (χ2n) is 2.67. The van der Waals surface area contributed by atoms with E-state index >= 15 is 0 Å².